The number of carbonyl (C=O) groups is 2. The molecule has 0 amide bonds. The minimum Gasteiger partial charge on any atom is -0.482 e. The number of aliphatic carboxylic acids is 1. The summed E-state index contributed by atoms with van der Waals surface area (Å²) in [5.74, 6) is -1.36. The van der Waals surface area contributed by atoms with Crippen LogP contribution in [0, 0.1) is 0 Å². The number of aromatic carboxylic acids is 1. The molecule has 0 spiro atoms. The lowest BCUT2D eigenvalue weighted by Crippen LogP contribution is -2.03. The van der Waals surface area contributed by atoms with Gasteiger partial charge in [-0.05, 0) is 12.1 Å². The molecule has 19 heavy (non-hydrogen) atoms. The summed E-state index contributed by atoms with van der Waals surface area (Å²) in [6.07, 6.45) is 0.000371. The summed E-state index contributed by atoms with van der Waals surface area (Å²) in [4.78, 5) is 25.7. The lowest BCUT2D eigenvalue weighted by Gasteiger charge is -2.06. The van der Waals surface area contributed by atoms with Crippen LogP contribution < -0.4 is 4.74 Å². The Morgan fingerprint density at radius 3 is 2.68 bits per heavy atom. The second-order valence-corrected chi connectivity index (χ2v) is 3.86. The number of aryl methyl sites for hydroxylation is 1. The fourth-order valence-electron chi connectivity index (χ4n) is 1.88. The maximum atomic E-state index is 11.1. The van der Waals surface area contributed by atoms with Crippen molar-refractivity contribution in [2.45, 2.75) is 12.8 Å². The Hall–Kier alpha value is -2.57. The van der Waals surface area contributed by atoms with Gasteiger partial charge in [0.1, 0.15) is 5.82 Å². The van der Waals surface area contributed by atoms with E-state index in [4.69, 9.17) is 14.9 Å². The van der Waals surface area contributed by atoms with E-state index in [0.29, 0.717) is 17.2 Å². The average molecular weight is 264 g/mol. The predicted octanol–water partition coefficient (Wildman–Crippen LogP) is 1.06. The van der Waals surface area contributed by atoms with Crippen molar-refractivity contribution in [1.29, 1.82) is 0 Å². The van der Waals surface area contributed by atoms with Gasteiger partial charge in [0.15, 0.2) is 11.6 Å². The van der Waals surface area contributed by atoms with Crippen molar-refractivity contribution in [1.82, 2.24) is 9.38 Å². The maximum absolute atomic E-state index is 11.1. The lowest BCUT2D eigenvalue weighted by molar-refractivity contribution is -0.137. The van der Waals surface area contributed by atoms with Gasteiger partial charge in [-0.25, -0.2) is 9.78 Å². The van der Waals surface area contributed by atoms with E-state index in [0.717, 1.165) is 0 Å². The fraction of sp³-hybridized carbons (Fsp3) is 0.250. The third-order valence-corrected chi connectivity index (χ3v) is 2.67. The molecule has 0 aliphatic heterocycles. The van der Waals surface area contributed by atoms with Crippen molar-refractivity contribution in [3.05, 3.63) is 29.7 Å². The molecular weight excluding hydrogens is 252 g/mol. The quantitative estimate of drug-likeness (QED) is 0.837. The van der Waals surface area contributed by atoms with Gasteiger partial charge in [-0.2, -0.15) is 0 Å². The maximum Gasteiger partial charge on any atom is 0.356 e. The summed E-state index contributed by atoms with van der Waals surface area (Å²) in [6, 6.07) is 4.91. The average Bonchev–Trinajstić information content (AvgIpc) is 2.75. The number of hydrogen-bond donors (Lipinski definition) is 2. The van der Waals surface area contributed by atoms with Crippen LogP contribution in [0.3, 0.4) is 0 Å². The molecule has 0 unspecified atom stereocenters. The van der Waals surface area contributed by atoms with Gasteiger partial charge in [0.2, 0.25) is 0 Å². The molecule has 0 aliphatic rings. The summed E-state index contributed by atoms with van der Waals surface area (Å²) in [6.45, 7) is 0. The topological polar surface area (TPSA) is 101 Å². The van der Waals surface area contributed by atoms with E-state index in [-0.39, 0.29) is 18.5 Å². The molecule has 7 heteroatoms. The molecule has 2 N–H and O–H groups in total. The molecule has 7 nitrogen and oxygen atoms in total. The van der Waals surface area contributed by atoms with Crippen molar-refractivity contribution in [2.75, 3.05) is 7.11 Å². The van der Waals surface area contributed by atoms with Gasteiger partial charge < -0.3 is 14.9 Å². The molecule has 2 aromatic heterocycles. The molecule has 0 radical (unpaired) electrons. The van der Waals surface area contributed by atoms with Crippen LogP contribution in [0.5, 0.6) is 5.88 Å². The molecule has 2 aromatic rings. The highest BCUT2D eigenvalue weighted by Crippen LogP contribution is 2.21. The van der Waals surface area contributed by atoms with E-state index in [1.807, 2.05) is 0 Å². The Kier molecular flexibility index (Phi) is 3.37. The lowest BCUT2D eigenvalue weighted by atomic mass is 10.3. The summed E-state index contributed by atoms with van der Waals surface area (Å²) < 4.78 is 6.67. The summed E-state index contributed by atoms with van der Waals surface area (Å²) in [7, 11) is 1.45. The molecule has 0 bridgehead atoms. The van der Waals surface area contributed by atoms with Gasteiger partial charge in [0, 0.05) is 6.42 Å². The van der Waals surface area contributed by atoms with E-state index >= 15 is 0 Å². The van der Waals surface area contributed by atoms with Gasteiger partial charge in [-0.3, -0.25) is 9.20 Å². The Balaban J connectivity index is 2.61. The van der Waals surface area contributed by atoms with Crippen LogP contribution in [0.4, 0.5) is 0 Å². The third-order valence-electron chi connectivity index (χ3n) is 2.67. The molecule has 0 fully saturated rings. The van der Waals surface area contributed by atoms with Crippen molar-refractivity contribution < 1.29 is 24.5 Å². The van der Waals surface area contributed by atoms with Gasteiger partial charge in [-0.15, -0.1) is 0 Å². The fourth-order valence-corrected chi connectivity index (χ4v) is 1.88. The first-order valence-corrected chi connectivity index (χ1v) is 5.54. The minimum absolute atomic E-state index is 0.112. The van der Waals surface area contributed by atoms with Crippen LogP contribution in [0.15, 0.2) is 18.2 Å². The molecule has 2 heterocycles. The van der Waals surface area contributed by atoms with Gasteiger partial charge in [-0.1, -0.05) is 6.07 Å². The van der Waals surface area contributed by atoms with Crippen LogP contribution in [-0.4, -0.2) is 38.6 Å². The van der Waals surface area contributed by atoms with Gasteiger partial charge >= 0.3 is 11.9 Å². The predicted molar refractivity (Wildman–Crippen MR) is 64.7 cm³/mol. The summed E-state index contributed by atoms with van der Waals surface area (Å²) in [5, 5.41) is 17.8. The van der Waals surface area contributed by atoms with Crippen molar-refractivity contribution in [3.8, 4) is 5.88 Å². The molecule has 0 saturated carbocycles. The standard InChI is InChI=1S/C12H12N2O5/c1-19-9-4-2-3-7-11(12(17)18)13-8(14(7)9)5-6-10(15)16/h2-4H,5-6H2,1H3,(H,15,16)(H,17,18). The van der Waals surface area contributed by atoms with Gasteiger partial charge in [0.05, 0.1) is 19.0 Å². The Labute approximate surface area is 108 Å². The number of aromatic nitrogens is 2. The zero-order valence-corrected chi connectivity index (χ0v) is 10.2. The van der Waals surface area contributed by atoms with Crippen LogP contribution in [0.1, 0.15) is 22.7 Å². The van der Waals surface area contributed by atoms with Gasteiger partial charge in [0.25, 0.3) is 0 Å². The molecule has 0 saturated heterocycles. The van der Waals surface area contributed by atoms with E-state index in [2.05, 4.69) is 4.98 Å². The number of nitrogens with zero attached hydrogens (tertiary/aromatic N) is 2. The highest BCUT2D eigenvalue weighted by molar-refractivity contribution is 5.93. The van der Waals surface area contributed by atoms with E-state index in [9.17, 15) is 9.59 Å². The number of carboxylic acids is 2. The van der Waals surface area contributed by atoms with Crippen molar-refractivity contribution >= 4 is 17.5 Å². The van der Waals surface area contributed by atoms with Crippen molar-refractivity contribution in [2.24, 2.45) is 0 Å². The number of fused-ring (bicyclic) bond motifs is 1. The first kappa shape index (κ1) is 12.9. The summed E-state index contributed by atoms with van der Waals surface area (Å²) >= 11 is 0. The number of ether oxygens (including phenoxy) is 1. The monoisotopic (exact) mass is 264 g/mol. The Morgan fingerprint density at radius 1 is 1.37 bits per heavy atom. The second kappa shape index (κ2) is 4.97. The van der Waals surface area contributed by atoms with E-state index < -0.39 is 11.9 Å². The highest BCUT2D eigenvalue weighted by atomic mass is 16.5. The number of pyridine rings is 1. The number of hydrogen-bond acceptors (Lipinski definition) is 4. The SMILES string of the molecule is COc1cccc2c(C(=O)O)nc(CCC(=O)O)n12. The normalized spacial score (nSPS) is 10.6. The van der Waals surface area contributed by atoms with Crippen molar-refractivity contribution in [3.63, 3.8) is 0 Å². The van der Waals surface area contributed by atoms with Crippen LogP contribution in [0.2, 0.25) is 0 Å². The number of carboxylic acid groups (broad SMARTS) is 2. The molecule has 0 aromatic carbocycles. The zero-order chi connectivity index (χ0) is 14.0. The first-order valence-electron chi connectivity index (χ1n) is 5.54. The summed E-state index contributed by atoms with van der Waals surface area (Å²) in [5.41, 5.74) is 0.270. The van der Waals surface area contributed by atoms with Crippen LogP contribution in [-0.2, 0) is 11.2 Å². The molecule has 0 aliphatic carbocycles. The first-order chi connectivity index (χ1) is 9.04. The zero-order valence-electron chi connectivity index (χ0n) is 10.2. The molecule has 100 valence electrons. The third kappa shape index (κ3) is 2.35. The number of rotatable bonds is 5. The smallest absolute Gasteiger partial charge is 0.356 e. The largest absolute Gasteiger partial charge is 0.482 e. The molecule has 0 atom stereocenters. The van der Waals surface area contributed by atoms with E-state index in [1.165, 1.54) is 11.5 Å². The number of imidazole rings is 1. The molecular formula is C12H12N2O5. The highest BCUT2D eigenvalue weighted by Gasteiger charge is 2.19. The second-order valence-electron chi connectivity index (χ2n) is 3.86. The Morgan fingerprint density at radius 2 is 2.11 bits per heavy atom. The van der Waals surface area contributed by atoms with Crippen LogP contribution >= 0.6 is 0 Å². The van der Waals surface area contributed by atoms with E-state index in [1.54, 1.807) is 18.2 Å². The minimum atomic E-state index is -1.16. The number of methoxy groups -OCH3 is 1. The van der Waals surface area contributed by atoms with Crippen LogP contribution in [0.25, 0.3) is 5.52 Å². The Bertz CT molecular complexity index is 647. The molecule has 2 rings (SSSR count).